The van der Waals surface area contributed by atoms with Gasteiger partial charge in [-0.2, -0.15) is 35.4 Å². The molecule has 8 rings (SSSR count). The van der Waals surface area contributed by atoms with Gasteiger partial charge in [-0.05, 0) is 101 Å². The first kappa shape index (κ1) is 48.7. The highest BCUT2D eigenvalue weighted by atomic mass is 32.2. The van der Waals surface area contributed by atoms with E-state index in [0.717, 1.165) is 11.1 Å². The molecule has 22 heteroatoms. The normalized spacial score (nSPS) is 22.6. The summed E-state index contributed by atoms with van der Waals surface area (Å²) in [6.45, 7) is 5.07. The number of hydrogen-bond donors (Lipinski definition) is 3. The highest BCUT2D eigenvalue weighted by molar-refractivity contribution is 7.87. The van der Waals surface area contributed by atoms with E-state index in [4.69, 9.17) is 4.74 Å². The zero-order valence-electron chi connectivity index (χ0n) is 37.9. The molecule has 0 radical (unpaired) electrons. The topological polar surface area (TPSA) is 222 Å². The Labute approximate surface area is 392 Å². The molecule has 1 unspecified atom stereocenters. The molecule has 5 aliphatic rings. The maximum atomic E-state index is 13.9. The predicted molar refractivity (Wildman–Crippen MR) is 241 cm³/mol. The van der Waals surface area contributed by atoms with Crippen LogP contribution in [0.3, 0.4) is 0 Å². The van der Waals surface area contributed by atoms with E-state index >= 15 is 0 Å². The second kappa shape index (κ2) is 20.1. The van der Waals surface area contributed by atoms with Gasteiger partial charge in [0.1, 0.15) is 18.2 Å². The van der Waals surface area contributed by atoms with E-state index in [-0.39, 0.29) is 98.1 Å². The quantitative estimate of drug-likeness (QED) is 0.134. The fourth-order valence-electron chi connectivity index (χ4n) is 9.46. The van der Waals surface area contributed by atoms with Crippen molar-refractivity contribution >= 4 is 46.0 Å². The second-order valence-electron chi connectivity index (χ2n) is 18.8. The third-order valence-corrected chi connectivity index (χ3v) is 14.5. The van der Waals surface area contributed by atoms with Gasteiger partial charge in [-0.3, -0.25) is 29.2 Å². The Morgan fingerprint density at radius 3 is 2.44 bits per heavy atom. The zero-order valence-corrected chi connectivity index (χ0v) is 38.7. The maximum Gasteiger partial charge on any atom is 0.419 e. The van der Waals surface area contributed by atoms with Crippen molar-refractivity contribution in [3.63, 3.8) is 0 Å². The van der Waals surface area contributed by atoms with E-state index in [9.17, 15) is 45.9 Å². The highest BCUT2D eigenvalue weighted by Crippen LogP contribution is 2.37. The first-order chi connectivity index (χ1) is 32.3. The van der Waals surface area contributed by atoms with Crippen molar-refractivity contribution in [2.24, 2.45) is 16.2 Å². The lowest BCUT2D eigenvalue weighted by Gasteiger charge is -2.35. The average Bonchev–Trinajstić information content (AvgIpc) is 3.89. The van der Waals surface area contributed by atoms with Gasteiger partial charge in [0.25, 0.3) is 5.91 Å². The molecular formula is C46H55F3N10O8S. The molecule has 68 heavy (non-hydrogen) atoms. The van der Waals surface area contributed by atoms with Gasteiger partial charge in [-0.25, -0.2) is 9.97 Å². The summed E-state index contributed by atoms with van der Waals surface area (Å²) in [7, 11) is -3.98. The minimum absolute atomic E-state index is 0.0352. The summed E-state index contributed by atoms with van der Waals surface area (Å²) in [6, 6.07) is 4.34. The number of ether oxygens (including phenoxy) is 1. The third-order valence-electron chi connectivity index (χ3n) is 13.1. The Morgan fingerprint density at radius 2 is 1.75 bits per heavy atom. The molecule has 3 N–H and O–H groups in total. The van der Waals surface area contributed by atoms with Crippen LogP contribution in [0, 0.1) is 23.7 Å². The van der Waals surface area contributed by atoms with Crippen molar-refractivity contribution < 1.29 is 50.6 Å². The van der Waals surface area contributed by atoms with E-state index in [0.29, 0.717) is 82.6 Å². The van der Waals surface area contributed by atoms with Crippen LogP contribution in [0.15, 0.2) is 41.2 Å². The largest absolute Gasteiger partial charge is 0.419 e. The molecule has 3 aromatic rings. The summed E-state index contributed by atoms with van der Waals surface area (Å²) in [5.74, 6) is 4.95. The first-order valence-electron chi connectivity index (χ1n) is 23.0. The van der Waals surface area contributed by atoms with Crippen LogP contribution in [0.4, 0.5) is 19.1 Å². The van der Waals surface area contributed by atoms with Crippen LogP contribution in [-0.4, -0.2) is 134 Å². The molecule has 364 valence electrons. The average molecular weight is 965 g/mol. The van der Waals surface area contributed by atoms with E-state index in [1.54, 1.807) is 26.0 Å². The molecule has 1 aromatic carbocycles. The summed E-state index contributed by atoms with van der Waals surface area (Å²) in [5, 5.41) is 19.6. The van der Waals surface area contributed by atoms with E-state index in [1.165, 1.54) is 32.5 Å². The number of nitrogens with one attached hydrogen (secondary N) is 2. The SMILES string of the molecule is CC(C)(O)Cn1cc(-c2nc(NC3CCN(S(=O)(=O)N=CC4CCC(C(=O)N5CCC(OCC#Cc6ccc7c(c6)CN(C6CCC(=O)NC6=O)C7=O)CC5)CC4)CC3)ncc2C(F)(F)F)cn1. The van der Waals surface area contributed by atoms with Gasteiger partial charge in [-0.1, -0.05) is 11.8 Å². The monoisotopic (exact) mass is 964 g/mol. The van der Waals surface area contributed by atoms with E-state index < -0.39 is 39.5 Å². The smallest absolute Gasteiger partial charge is 0.389 e. The molecule has 1 saturated carbocycles. The number of carbonyl (C=O) groups excluding carboxylic acids is 4. The van der Waals surface area contributed by atoms with Gasteiger partial charge in [0.15, 0.2) is 0 Å². The Balaban J connectivity index is 0.739. The Hall–Kier alpha value is -5.76. The number of halogens is 3. The fraction of sp³-hybridized carbons (Fsp3) is 0.565. The number of aliphatic hydroxyl groups is 1. The van der Waals surface area contributed by atoms with E-state index in [2.05, 4.69) is 41.9 Å². The predicted octanol–water partition coefficient (Wildman–Crippen LogP) is 3.95. The van der Waals surface area contributed by atoms with Crippen LogP contribution in [-0.2, 0) is 48.6 Å². The van der Waals surface area contributed by atoms with Crippen LogP contribution in [0.25, 0.3) is 11.3 Å². The van der Waals surface area contributed by atoms with Gasteiger partial charge in [-0.15, -0.1) is 0 Å². The summed E-state index contributed by atoms with van der Waals surface area (Å²) >= 11 is 0. The van der Waals surface area contributed by atoms with Crippen molar-refractivity contribution in [3.8, 4) is 23.1 Å². The number of carbonyl (C=O) groups is 4. The number of likely N-dealkylation sites (tertiary alicyclic amines) is 1. The molecule has 3 saturated heterocycles. The Kier molecular flexibility index (Phi) is 14.4. The number of alkyl halides is 3. The first-order valence-corrected chi connectivity index (χ1v) is 24.4. The number of rotatable bonds is 12. The van der Waals surface area contributed by atoms with Gasteiger partial charge in [0, 0.05) is 86.4 Å². The third kappa shape index (κ3) is 11.7. The minimum Gasteiger partial charge on any atom is -0.389 e. The highest BCUT2D eigenvalue weighted by Gasteiger charge is 2.40. The second-order valence-corrected chi connectivity index (χ2v) is 20.4. The number of amides is 4. The molecule has 0 spiro atoms. The van der Waals surface area contributed by atoms with Crippen molar-refractivity contribution in [3.05, 3.63) is 59.0 Å². The lowest BCUT2D eigenvalue weighted by molar-refractivity contribution is -0.139. The van der Waals surface area contributed by atoms with Gasteiger partial charge in [0.05, 0.1) is 30.1 Å². The number of hydrogen-bond acceptors (Lipinski definition) is 12. The van der Waals surface area contributed by atoms with Crippen molar-refractivity contribution in [2.45, 2.75) is 121 Å². The number of benzene rings is 1. The maximum absolute atomic E-state index is 13.9. The fourth-order valence-corrected chi connectivity index (χ4v) is 10.6. The number of nitrogens with zero attached hydrogens (tertiary/aromatic N) is 8. The zero-order chi connectivity index (χ0) is 48.4. The van der Waals surface area contributed by atoms with Crippen molar-refractivity contribution in [1.29, 1.82) is 0 Å². The molecule has 18 nitrogen and oxygen atoms in total. The molecule has 4 aliphatic heterocycles. The van der Waals surface area contributed by atoms with Crippen LogP contribution in [0.5, 0.6) is 0 Å². The van der Waals surface area contributed by atoms with Gasteiger partial charge >= 0.3 is 16.4 Å². The van der Waals surface area contributed by atoms with E-state index in [1.807, 2.05) is 11.0 Å². The molecule has 0 bridgehead atoms. The standard InChI is InChI=1S/C46H55F3N10O8S/c1-45(2,64)28-57-26-33(24-51-57)40-37(46(47,48)49)25-50-44(55-40)53-34-13-19-58(20-14-34)68(65,66)52-23-30-5-8-31(9-6-30)42(62)56-17-15-35(16-18-56)67-21-3-4-29-7-10-36-32(22-29)27-59(43(36)63)38-11-12-39(60)54-41(38)61/h7,10,22-26,30-31,34-35,38,64H,5-6,8-9,11-21,27-28H2,1-2H3,(H,50,53,55)(H,54,60,61). The summed E-state index contributed by atoms with van der Waals surface area (Å²) in [5.41, 5.74) is -0.411. The van der Waals surface area contributed by atoms with Crippen LogP contribution in [0.2, 0.25) is 0 Å². The molecule has 6 heterocycles. The molecule has 1 aliphatic carbocycles. The number of aromatic nitrogens is 4. The van der Waals surface area contributed by atoms with Gasteiger partial charge < -0.3 is 25.0 Å². The minimum atomic E-state index is -4.73. The number of fused-ring (bicyclic) bond motifs is 1. The van der Waals surface area contributed by atoms with Crippen LogP contribution >= 0.6 is 0 Å². The van der Waals surface area contributed by atoms with Crippen molar-refractivity contribution in [2.75, 3.05) is 38.1 Å². The molecule has 2 aromatic heterocycles. The summed E-state index contributed by atoms with van der Waals surface area (Å²) in [4.78, 5) is 61.8. The summed E-state index contributed by atoms with van der Waals surface area (Å²) < 4.78 is 80.9. The lowest BCUT2D eigenvalue weighted by Crippen LogP contribution is -2.52. The Bertz CT molecular complexity index is 2600. The molecular weight excluding hydrogens is 910 g/mol. The lowest BCUT2D eigenvalue weighted by atomic mass is 9.81. The number of imide groups is 1. The van der Waals surface area contributed by atoms with Gasteiger partial charge in [0.2, 0.25) is 23.7 Å². The van der Waals surface area contributed by atoms with Crippen LogP contribution < -0.4 is 10.6 Å². The van der Waals surface area contributed by atoms with Crippen LogP contribution in [0.1, 0.15) is 105 Å². The Morgan fingerprint density at radius 1 is 1.01 bits per heavy atom. The molecule has 1 atom stereocenters. The molecule has 4 fully saturated rings. The summed E-state index contributed by atoms with van der Waals surface area (Å²) in [6.07, 6.45) is 5.12. The molecule has 4 amide bonds. The number of piperidine rings is 3. The number of anilines is 1. The van der Waals surface area contributed by atoms with Crippen molar-refractivity contribution in [1.82, 2.24) is 39.2 Å².